The third kappa shape index (κ3) is 1.71. The Morgan fingerprint density at radius 1 is 1.36 bits per heavy atom. The van der Waals surface area contributed by atoms with E-state index in [1.165, 1.54) is 0 Å². The number of rotatable bonds is 2. The van der Waals surface area contributed by atoms with Crippen LogP contribution in [0.2, 0.25) is 0 Å². The van der Waals surface area contributed by atoms with Crippen LogP contribution in [0.5, 0.6) is 0 Å². The van der Waals surface area contributed by atoms with Crippen molar-refractivity contribution in [1.82, 2.24) is 0 Å². The summed E-state index contributed by atoms with van der Waals surface area (Å²) < 4.78 is 0. The van der Waals surface area contributed by atoms with Crippen LogP contribution in [-0.2, 0) is 0 Å². The molecule has 3 heteroatoms. The summed E-state index contributed by atoms with van der Waals surface area (Å²) in [4.78, 5) is 2.16. The van der Waals surface area contributed by atoms with Crippen molar-refractivity contribution in [3.63, 3.8) is 0 Å². The second-order valence-electron chi connectivity index (χ2n) is 3.63. The molecular weight excluding hydrogens is 176 g/mol. The van der Waals surface area contributed by atoms with E-state index in [9.17, 15) is 5.11 Å². The van der Waals surface area contributed by atoms with E-state index >= 15 is 0 Å². The van der Waals surface area contributed by atoms with Crippen molar-refractivity contribution in [1.29, 1.82) is 5.41 Å². The van der Waals surface area contributed by atoms with E-state index < -0.39 is 5.90 Å². The number of para-hydroxylation sites is 1. The number of nitrogens with one attached hydrogen (secondary N) is 1. The Morgan fingerprint density at radius 2 is 2.07 bits per heavy atom. The van der Waals surface area contributed by atoms with Crippen LogP contribution in [0, 0.1) is 11.3 Å². The molecule has 0 amide bonds. The first-order valence-electron chi connectivity index (χ1n) is 4.83. The van der Waals surface area contributed by atoms with E-state index in [4.69, 9.17) is 5.41 Å². The predicted molar refractivity (Wildman–Crippen MR) is 54.5 cm³/mol. The van der Waals surface area contributed by atoms with Crippen molar-refractivity contribution in [2.45, 2.75) is 6.42 Å². The van der Waals surface area contributed by atoms with Gasteiger partial charge < -0.3 is 15.4 Å². The van der Waals surface area contributed by atoms with E-state index in [2.05, 4.69) is 4.90 Å². The Morgan fingerprint density at radius 3 is 2.64 bits per heavy atom. The Balaban J connectivity index is 2.06. The van der Waals surface area contributed by atoms with Gasteiger partial charge in [-0.05, 0) is 24.5 Å². The minimum absolute atomic E-state index is 0.0878. The summed E-state index contributed by atoms with van der Waals surface area (Å²) in [5.41, 5.74) is 1.15. The van der Waals surface area contributed by atoms with Crippen molar-refractivity contribution in [3.05, 3.63) is 30.3 Å². The number of benzene rings is 1. The normalized spacial score (nSPS) is 21.1. The molecule has 1 aromatic carbocycles. The van der Waals surface area contributed by atoms with Crippen LogP contribution in [0.1, 0.15) is 6.42 Å². The monoisotopic (exact) mass is 189 g/mol. The molecule has 1 aliphatic rings. The Bertz CT molecular complexity index is 323. The van der Waals surface area contributed by atoms with Crippen molar-refractivity contribution in [2.75, 3.05) is 18.0 Å². The lowest BCUT2D eigenvalue weighted by molar-refractivity contribution is -0.224. The summed E-state index contributed by atoms with van der Waals surface area (Å²) in [6.45, 7) is 1.59. The first-order valence-corrected chi connectivity index (χ1v) is 4.83. The zero-order valence-corrected chi connectivity index (χ0v) is 7.94. The lowest BCUT2D eigenvalue weighted by Gasteiger charge is -2.20. The van der Waals surface area contributed by atoms with Crippen molar-refractivity contribution in [3.8, 4) is 0 Å². The molecule has 1 fully saturated rings. The molecule has 1 aromatic rings. The molecule has 0 unspecified atom stereocenters. The van der Waals surface area contributed by atoms with Crippen LogP contribution >= 0.6 is 0 Å². The zero-order valence-electron chi connectivity index (χ0n) is 7.94. The van der Waals surface area contributed by atoms with Crippen LogP contribution in [0.25, 0.3) is 0 Å². The van der Waals surface area contributed by atoms with Crippen LogP contribution < -0.4 is 10.0 Å². The maximum atomic E-state index is 10.9. The molecule has 14 heavy (non-hydrogen) atoms. The van der Waals surface area contributed by atoms with Crippen molar-refractivity contribution in [2.24, 2.45) is 5.92 Å². The predicted octanol–water partition coefficient (Wildman–Crippen LogP) is 0.850. The van der Waals surface area contributed by atoms with Gasteiger partial charge in [0.25, 0.3) is 0 Å². The largest absolute Gasteiger partial charge is 0.862 e. The Kier molecular flexibility index (Phi) is 2.39. The SMILES string of the molecule is N=C([O-])[C@@H]1CCN(c2ccccc2)C1. The van der Waals surface area contributed by atoms with Gasteiger partial charge in [-0.1, -0.05) is 18.2 Å². The van der Waals surface area contributed by atoms with E-state index in [1.807, 2.05) is 30.3 Å². The minimum atomic E-state index is -0.427. The number of nitrogens with zero attached hydrogens (tertiary/aromatic N) is 1. The third-order valence-corrected chi connectivity index (χ3v) is 2.68. The molecule has 0 bridgehead atoms. The molecular formula is C11H13N2O-. The van der Waals surface area contributed by atoms with Crippen LogP contribution in [0.15, 0.2) is 30.3 Å². The first-order chi connectivity index (χ1) is 6.77. The number of anilines is 1. The van der Waals surface area contributed by atoms with Gasteiger partial charge >= 0.3 is 0 Å². The molecule has 0 aliphatic carbocycles. The molecule has 1 N–H and O–H groups in total. The van der Waals surface area contributed by atoms with Gasteiger partial charge in [-0.3, -0.25) is 0 Å². The van der Waals surface area contributed by atoms with Gasteiger partial charge in [0, 0.05) is 24.7 Å². The standard InChI is InChI=1S/C11H14N2O/c12-11(14)9-6-7-13(8-9)10-4-2-1-3-5-10/h1-5,9H,6-8H2,(H2,12,14)/p-1/t9-/m1/s1. The third-order valence-electron chi connectivity index (χ3n) is 2.68. The lowest BCUT2D eigenvalue weighted by Crippen LogP contribution is -2.29. The summed E-state index contributed by atoms with van der Waals surface area (Å²) in [6.07, 6.45) is 0.817. The molecule has 1 heterocycles. The summed E-state index contributed by atoms with van der Waals surface area (Å²) in [5.74, 6) is -0.515. The van der Waals surface area contributed by atoms with Gasteiger partial charge in [-0.25, -0.2) is 0 Å². The average molecular weight is 189 g/mol. The summed E-state index contributed by atoms with van der Waals surface area (Å²) >= 11 is 0. The van der Waals surface area contributed by atoms with E-state index in [-0.39, 0.29) is 5.92 Å². The molecule has 0 aromatic heterocycles. The molecule has 0 saturated carbocycles. The smallest absolute Gasteiger partial charge is 0.0366 e. The van der Waals surface area contributed by atoms with Gasteiger partial charge in [0.05, 0.1) is 0 Å². The van der Waals surface area contributed by atoms with Gasteiger partial charge in [-0.2, -0.15) is 0 Å². The highest BCUT2D eigenvalue weighted by atomic mass is 16.3. The van der Waals surface area contributed by atoms with Gasteiger partial charge in [0.2, 0.25) is 0 Å². The van der Waals surface area contributed by atoms with Crippen molar-refractivity contribution < 1.29 is 5.11 Å². The summed E-state index contributed by atoms with van der Waals surface area (Å²) in [7, 11) is 0. The van der Waals surface area contributed by atoms with Crippen LogP contribution in [-0.4, -0.2) is 19.0 Å². The molecule has 74 valence electrons. The molecule has 0 spiro atoms. The molecule has 2 rings (SSSR count). The minimum Gasteiger partial charge on any atom is -0.862 e. The highest BCUT2D eigenvalue weighted by Crippen LogP contribution is 2.22. The van der Waals surface area contributed by atoms with E-state index in [0.29, 0.717) is 6.54 Å². The average Bonchev–Trinajstić information content (AvgIpc) is 2.68. The summed E-state index contributed by atoms with van der Waals surface area (Å²) in [6, 6.07) is 10.0. The van der Waals surface area contributed by atoms with Gasteiger partial charge in [0.1, 0.15) is 0 Å². The van der Waals surface area contributed by atoms with E-state index in [1.54, 1.807) is 0 Å². The quantitative estimate of drug-likeness (QED) is 0.554. The fourth-order valence-corrected chi connectivity index (χ4v) is 1.85. The summed E-state index contributed by atoms with van der Waals surface area (Å²) in [5, 5.41) is 17.9. The lowest BCUT2D eigenvalue weighted by atomic mass is 10.1. The van der Waals surface area contributed by atoms with Crippen LogP contribution in [0.4, 0.5) is 5.69 Å². The second kappa shape index (κ2) is 3.70. The highest BCUT2D eigenvalue weighted by Gasteiger charge is 2.21. The molecule has 3 nitrogen and oxygen atoms in total. The Labute approximate surface area is 83.5 Å². The zero-order chi connectivity index (χ0) is 9.97. The van der Waals surface area contributed by atoms with Gasteiger partial charge in [0.15, 0.2) is 0 Å². The molecule has 1 saturated heterocycles. The maximum absolute atomic E-state index is 10.9. The first kappa shape index (κ1) is 9.06. The van der Waals surface area contributed by atoms with Crippen molar-refractivity contribution >= 4 is 11.6 Å². The molecule has 1 atom stereocenters. The second-order valence-corrected chi connectivity index (χ2v) is 3.63. The molecule has 1 aliphatic heterocycles. The highest BCUT2D eigenvalue weighted by molar-refractivity contribution is 5.72. The fourth-order valence-electron chi connectivity index (χ4n) is 1.85. The molecule has 0 radical (unpaired) electrons. The van der Waals surface area contributed by atoms with Crippen LogP contribution in [0.3, 0.4) is 0 Å². The topological polar surface area (TPSA) is 50.1 Å². The van der Waals surface area contributed by atoms with E-state index in [0.717, 1.165) is 18.7 Å². The fraction of sp³-hybridized carbons (Fsp3) is 0.364. The Hall–Kier alpha value is -1.51. The number of hydrogen-bond donors (Lipinski definition) is 1. The number of hydrogen-bond acceptors (Lipinski definition) is 3. The van der Waals surface area contributed by atoms with Gasteiger partial charge in [-0.15, -0.1) is 0 Å². The maximum Gasteiger partial charge on any atom is 0.0366 e.